The molecule has 3 nitrogen and oxygen atoms in total. The summed E-state index contributed by atoms with van der Waals surface area (Å²) in [5.74, 6) is 0.408. The lowest BCUT2D eigenvalue weighted by Gasteiger charge is -2.23. The molecule has 1 aromatic rings. The first-order chi connectivity index (χ1) is 6.34. The molecular formula is C10H14N2O. The van der Waals surface area contributed by atoms with Gasteiger partial charge in [-0.05, 0) is 25.0 Å². The number of carbonyl (C=O) groups excluding carboxylic acids is 1. The molecule has 0 saturated heterocycles. The van der Waals surface area contributed by atoms with Crippen LogP contribution < -0.4 is 5.43 Å². The van der Waals surface area contributed by atoms with Gasteiger partial charge in [0.2, 0.25) is 0 Å². The van der Waals surface area contributed by atoms with Crippen LogP contribution in [0.25, 0.3) is 0 Å². The SMILES string of the molecule is O=C1CCC(Nn2cccc2)CC1. The molecule has 70 valence electrons. The van der Waals surface area contributed by atoms with E-state index in [9.17, 15) is 4.79 Å². The standard InChI is InChI=1S/C10H14N2O/c13-10-5-3-9(4-6-10)11-12-7-1-2-8-12/h1-2,7-9,11H,3-6H2. The van der Waals surface area contributed by atoms with Gasteiger partial charge in [0.15, 0.2) is 0 Å². The van der Waals surface area contributed by atoms with E-state index in [4.69, 9.17) is 0 Å². The van der Waals surface area contributed by atoms with Crippen molar-refractivity contribution < 1.29 is 4.79 Å². The zero-order chi connectivity index (χ0) is 9.10. The highest BCUT2D eigenvalue weighted by Gasteiger charge is 2.17. The molecule has 13 heavy (non-hydrogen) atoms. The van der Waals surface area contributed by atoms with Crippen molar-refractivity contribution in [2.45, 2.75) is 31.7 Å². The summed E-state index contributed by atoms with van der Waals surface area (Å²) in [6.07, 6.45) is 7.37. The Bertz CT molecular complexity index is 269. The van der Waals surface area contributed by atoms with Gasteiger partial charge in [0, 0.05) is 31.3 Å². The minimum Gasteiger partial charge on any atom is -0.323 e. The fourth-order valence-corrected chi connectivity index (χ4v) is 1.70. The molecule has 0 radical (unpaired) electrons. The van der Waals surface area contributed by atoms with E-state index < -0.39 is 0 Å². The number of ketones is 1. The monoisotopic (exact) mass is 178 g/mol. The number of rotatable bonds is 2. The Kier molecular flexibility index (Phi) is 2.34. The van der Waals surface area contributed by atoms with Crippen molar-refractivity contribution in [1.29, 1.82) is 0 Å². The molecule has 0 amide bonds. The average Bonchev–Trinajstić information content (AvgIpc) is 2.62. The molecule has 1 aliphatic carbocycles. The summed E-state index contributed by atoms with van der Waals surface area (Å²) < 4.78 is 1.96. The van der Waals surface area contributed by atoms with Crippen LogP contribution in [0.2, 0.25) is 0 Å². The Morgan fingerprint density at radius 2 is 1.85 bits per heavy atom. The molecule has 1 fully saturated rings. The molecule has 1 N–H and O–H groups in total. The van der Waals surface area contributed by atoms with Gasteiger partial charge in [0.05, 0.1) is 0 Å². The van der Waals surface area contributed by atoms with Crippen LogP contribution in [0.5, 0.6) is 0 Å². The van der Waals surface area contributed by atoms with E-state index in [1.807, 2.05) is 29.2 Å². The van der Waals surface area contributed by atoms with Crippen molar-refractivity contribution in [2.75, 3.05) is 5.43 Å². The van der Waals surface area contributed by atoms with Crippen molar-refractivity contribution >= 4 is 5.78 Å². The summed E-state index contributed by atoms with van der Waals surface area (Å²) >= 11 is 0. The number of aromatic nitrogens is 1. The maximum Gasteiger partial charge on any atom is 0.133 e. The van der Waals surface area contributed by atoms with E-state index >= 15 is 0 Å². The number of carbonyl (C=O) groups is 1. The van der Waals surface area contributed by atoms with Crippen LogP contribution in [0.15, 0.2) is 24.5 Å². The summed E-state index contributed by atoms with van der Waals surface area (Å²) in [5.41, 5.74) is 3.35. The molecule has 3 heteroatoms. The second kappa shape index (κ2) is 3.64. The molecular weight excluding hydrogens is 164 g/mol. The highest BCUT2D eigenvalue weighted by Crippen LogP contribution is 2.15. The molecule has 0 spiro atoms. The minimum absolute atomic E-state index is 0.408. The number of Topliss-reactive ketones (excluding diaryl/α,β-unsaturated/α-hetero) is 1. The Morgan fingerprint density at radius 1 is 1.23 bits per heavy atom. The summed E-state index contributed by atoms with van der Waals surface area (Å²) in [6, 6.07) is 4.44. The zero-order valence-electron chi connectivity index (χ0n) is 7.57. The van der Waals surface area contributed by atoms with Gasteiger partial charge in [-0.15, -0.1) is 0 Å². The third-order valence-electron chi connectivity index (χ3n) is 2.48. The van der Waals surface area contributed by atoms with Crippen molar-refractivity contribution in [3.8, 4) is 0 Å². The van der Waals surface area contributed by atoms with Crippen LogP contribution in [0.3, 0.4) is 0 Å². The van der Waals surface area contributed by atoms with Gasteiger partial charge in [0.25, 0.3) is 0 Å². The van der Waals surface area contributed by atoms with Gasteiger partial charge in [-0.1, -0.05) is 0 Å². The molecule has 0 aromatic carbocycles. The summed E-state index contributed by atoms with van der Waals surface area (Å²) in [5, 5.41) is 0. The first-order valence-electron chi connectivity index (χ1n) is 4.76. The maximum absolute atomic E-state index is 11.0. The van der Waals surface area contributed by atoms with Gasteiger partial charge >= 0.3 is 0 Å². The zero-order valence-corrected chi connectivity index (χ0v) is 7.57. The average molecular weight is 178 g/mol. The van der Waals surface area contributed by atoms with Gasteiger partial charge < -0.3 is 5.43 Å². The molecule has 0 aliphatic heterocycles. The molecule has 0 atom stereocenters. The number of nitrogens with zero attached hydrogens (tertiary/aromatic N) is 1. The lowest BCUT2D eigenvalue weighted by molar-refractivity contribution is -0.120. The van der Waals surface area contributed by atoms with Crippen LogP contribution in [-0.4, -0.2) is 16.5 Å². The van der Waals surface area contributed by atoms with E-state index in [1.165, 1.54) is 0 Å². The van der Waals surface area contributed by atoms with E-state index in [-0.39, 0.29) is 0 Å². The molecule has 2 rings (SSSR count). The minimum atomic E-state index is 0.408. The Labute approximate surface area is 77.7 Å². The molecule has 1 aromatic heterocycles. The van der Waals surface area contributed by atoms with Crippen LogP contribution >= 0.6 is 0 Å². The van der Waals surface area contributed by atoms with Crippen LogP contribution in [0, 0.1) is 0 Å². The lowest BCUT2D eigenvalue weighted by Crippen LogP contribution is -2.31. The maximum atomic E-state index is 11.0. The fourth-order valence-electron chi connectivity index (χ4n) is 1.70. The predicted octanol–water partition coefficient (Wildman–Crippen LogP) is 1.54. The van der Waals surface area contributed by atoms with Crippen LogP contribution in [0.4, 0.5) is 0 Å². The highest BCUT2D eigenvalue weighted by atomic mass is 16.1. The van der Waals surface area contributed by atoms with Crippen molar-refractivity contribution in [2.24, 2.45) is 0 Å². The second-order valence-electron chi connectivity index (χ2n) is 3.53. The van der Waals surface area contributed by atoms with Crippen LogP contribution in [0.1, 0.15) is 25.7 Å². The molecule has 0 bridgehead atoms. The van der Waals surface area contributed by atoms with Gasteiger partial charge in [-0.25, -0.2) is 0 Å². The van der Waals surface area contributed by atoms with E-state index in [1.54, 1.807) is 0 Å². The number of hydrogen-bond acceptors (Lipinski definition) is 2. The third kappa shape index (κ3) is 2.11. The summed E-state index contributed by atoms with van der Waals surface area (Å²) in [4.78, 5) is 11.0. The molecule has 1 aliphatic rings. The quantitative estimate of drug-likeness (QED) is 0.745. The van der Waals surface area contributed by atoms with E-state index in [0.717, 1.165) is 25.7 Å². The smallest absolute Gasteiger partial charge is 0.133 e. The Balaban J connectivity index is 1.86. The van der Waals surface area contributed by atoms with Gasteiger partial charge in [0.1, 0.15) is 5.78 Å². The molecule has 1 saturated carbocycles. The summed E-state index contributed by atoms with van der Waals surface area (Å²) in [7, 11) is 0. The van der Waals surface area contributed by atoms with Crippen LogP contribution in [-0.2, 0) is 4.79 Å². The van der Waals surface area contributed by atoms with Gasteiger partial charge in [-0.2, -0.15) is 0 Å². The molecule has 1 heterocycles. The largest absolute Gasteiger partial charge is 0.323 e. The third-order valence-corrected chi connectivity index (χ3v) is 2.48. The Hall–Kier alpha value is -1.25. The van der Waals surface area contributed by atoms with E-state index in [2.05, 4.69) is 5.43 Å². The highest BCUT2D eigenvalue weighted by molar-refractivity contribution is 5.79. The first-order valence-corrected chi connectivity index (χ1v) is 4.76. The van der Waals surface area contributed by atoms with Crippen molar-refractivity contribution in [1.82, 2.24) is 4.68 Å². The molecule has 0 unspecified atom stereocenters. The number of hydrogen-bond donors (Lipinski definition) is 1. The second-order valence-corrected chi connectivity index (χ2v) is 3.53. The Morgan fingerprint density at radius 3 is 2.46 bits per heavy atom. The predicted molar refractivity (Wildman–Crippen MR) is 51.1 cm³/mol. The van der Waals surface area contributed by atoms with Crippen molar-refractivity contribution in [3.63, 3.8) is 0 Å². The lowest BCUT2D eigenvalue weighted by atomic mass is 9.95. The normalized spacial score (nSPS) is 18.9. The van der Waals surface area contributed by atoms with Gasteiger partial charge in [-0.3, -0.25) is 9.47 Å². The number of nitrogens with one attached hydrogen (secondary N) is 1. The summed E-state index contributed by atoms with van der Waals surface area (Å²) in [6.45, 7) is 0. The van der Waals surface area contributed by atoms with E-state index in [0.29, 0.717) is 11.8 Å². The van der Waals surface area contributed by atoms with Crippen molar-refractivity contribution in [3.05, 3.63) is 24.5 Å². The first kappa shape index (κ1) is 8.35. The fraction of sp³-hybridized carbons (Fsp3) is 0.500. The topological polar surface area (TPSA) is 34.0 Å².